The zero-order chi connectivity index (χ0) is 23.0. The van der Waals surface area contributed by atoms with Crippen LogP contribution >= 0.6 is 0 Å². The third kappa shape index (κ3) is 10.0. The molecule has 2 aromatic carbocycles. The Morgan fingerprint density at radius 3 is 2.22 bits per heavy atom. The minimum atomic E-state index is -0.389. The molecule has 174 valence electrons. The fraction of sp³-hybridized carbons (Fsp3) is 0.464. The van der Waals surface area contributed by atoms with Crippen LogP contribution in [0.15, 0.2) is 61.2 Å². The second-order valence-corrected chi connectivity index (χ2v) is 8.15. The molecule has 1 atom stereocenters. The SMILES string of the molecule is C=CCCCCCOc1ccc(OC(=O)c2ccc(OC(C)CCCCCC)cc2)cc1. The maximum Gasteiger partial charge on any atom is 0.343 e. The molecule has 0 saturated carbocycles. The predicted molar refractivity (Wildman–Crippen MR) is 131 cm³/mol. The molecule has 0 heterocycles. The molecule has 2 rings (SSSR count). The van der Waals surface area contributed by atoms with Gasteiger partial charge in [-0.1, -0.05) is 32.3 Å². The molecule has 0 bridgehead atoms. The summed E-state index contributed by atoms with van der Waals surface area (Å²) in [5.41, 5.74) is 0.493. The van der Waals surface area contributed by atoms with Crippen LogP contribution in [-0.2, 0) is 0 Å². The number of rotatable bonds is 16. The molecule has 0 aliphatic heterocycles. The Morgan fingerprint density at radius 1 is 0.875 bits per heavy atom. The summed E-state index contributed by atoms with van der Waals surface area (Å²) in [5, 5.41) is 0. The van der Waals surface area contributed by atoms with Crippen molar-refractivity contribution in [3.8, 4) is 17.2 Å². The van der Waals surface area contributed by atoms with Crippen LogP contribution in [0.1, 0.15) is 82.0 Å². The summed E-state index contributed by atoms with van der Waals surface area (Å²) in [6.45, 7) is 8.71. The molecular formula is C28H38O4. The van der Waals surface area contributed by atoms with Gasteiger partial charge < -0.3 is 14.2 Å². The Bertz CT molecular complexity index is 780. The first kappa shape index (κ1) is 25.5. The van der Waals surface area contributed by atoms with E-state index in [4.69, 9.17) is 14.2 Å². The number of unbranched alkanes of at least 4 members (excludes halogenated alkanes) is 6. The predicted octanol–water partition coefficient (Wildman–Crippen LogP) is 7.77. The van der Waals surface area contributed by atoms with Crippen LogP contribution < -0.4 is 14.2 Å². The highest BCUT2D eigenvalue weighted by Crippen LogP contribution is 2.21. The van der Waals surface area contributed by atoms with Crippen LogP contribution in [0, 0.1) is 0 Å². The first-order valence-corrected chi connectivity index (χ1v) is 11.9. The van der Waals surface area contributed by atoms with Gasteiger partial charge in [0, 0.05) is 0 Å². The number of carbonyl (C=O) groups excluding carboxylic acids is 1. The summed E-state index contributed by atoms with van der Waals surface area (Å²) in [7, 11) is 0. The van der Waals surface area contributed by atoms with E-state index >= 15 is 0 Å². The molecular weight excluding hydrogens is 400 g/mol. The Hall–Kier alpha value is -2.75. The third-order valence-electron chi connectivity index (χ3n) is 5.25. The lowest BCUT2D eigenvalue weighted by Crippen LogP contribution is -2.12. The van der Waals surface area contributed by atoms with Gasteiger partial charge in [0.2, 0.25) is 0 Å². The maximum absolute atomic E-state index is 12.4. The summed E-state index contributed by atoms with van der Waals surface area (Å²) in [6, 6.07) is 14.3. The third-order valence-corrected chi connectivity index (χ3v) is 5.25. The summed E-state index contributed by atoms with van der Waals surface area (Å²) in [6.07, 6.45) is 12.4. The summed E-state index contributed by atoms with van der Waals surface area (Å²) < 4.78 is 17.2. The van der Waals surface area contributed by atoms with Crippen LogP contribution in [0.5, 0.6) is 17.2 Å². The normalized spacial score (nSPS) is 11.6. The maximum atomic E-state index is 12.4. The van der Waals surface area contributed by atoms with E-state index < -0.39 is 0 Å². The van der Waals surface area contributed by atoms with Crippen molar-refractivity contribution in [1.29, 1.82) is 0 Å². The number of esters is 1. The molecule has 4 heteroatoms. The van der Waals surface area contributed by atoms with Gasteiger partial charge in [-0.05, 0) is 94.0 Å². The van der Waals surface area contributed by atoms with Crippen LogP contribution in [0.2, 0.25) is 0 Å². The Labute approximate surface area is 193 Å². The van der Waals surface area contributed by atoms with Gasteiger partial charge in [0.15, 0.2) is 0 Å². The molecule has 0 aromatic heterocycles. The minimum absolute atomic E-state index is 0.164. The van der Waals surface area contributed by atoms with Crippen molar-refractivity contribution in [2.75, 3.05) is 6.61 Å². The van der Waals surface area contributed by atoms with Crippen LogP contribution in [0.4, 0.5) is 0 Å². The minimum Gasteiger partial charge on any atom is -0.494 e. The molecule has 4 nitrogen and oxygen atoms in total. The molecule has 0 aliphatic carbocycles. The largest absolute Gasteiger partial charge is 0.494 e. The summed E-state index contributed by atoms with van der Waals surface area (Å²) in [5.74, 6) is 1.66. The van der Waals surface area contributed by atoms with Gasteiger partial charge in [0.05, 0.1) is 18.3 Å². The molecule has 0 spiro atoms. The smallest absolute Gasteiger partial charge is 0.343 e. The van der Waals surface area contributed by atoms with E-state index in [9.17, 15) is 4.79 Å². The molecule has 0 N–H and O–H groups in total. The number of hydrogen-bond donors (Lipinski definition) is 0. The molecule has 2 aromatic rings. The second-order valence-electron chi connectivity index (χ2n) is 8.15. The van der Waals surface area contributed by atoms with Crippen molar-refractivity contribution >= 4 is 5.97 Å². The van der Waals surface area contributed by atoms with Crippen molar-refractivity contribution in [1.82, 2.24) is 0 Å². The fourth-order valence-corrected chi connectivity index (χ4v) is 3.35. The first-order valence-electron chi connectivity index (χ1n) is 11.9. The molecule has 32 heavy (non-hydrogen) atoms. The van der Waals surface area contributed by atoms with E-state index in [0.717, 1.165) is 43.6 Å². The van der Waals surface area contributed by atoms with Crippen molar-refractivity contribution in [2.24, 2.45) is 0 Å². The van der Waals surface area contributed by atoms with Crippen molar-refractivity contribution in [3.63, 3.8) is 0 Å². The topological polar surface area (TPSA) is 44.8 Å². The Kier molecular flexibility index (Phi) is 12.1. The van der Waals surface area contributed by atoms with Gasteiger partial charge in [-0.3, -0.25) is 0 Å². The van der Waals surface area contributed by atoms with Crippen LogP contribution in [-0.4, -0.2) is 18.7 Å². The average molecular weight is 439 g/mol. The standard InChI is InChI=1S/C28H38O4/c1-4-6-8-10-12-22-30-25-18-20-27(21-19-25)32-28(29)24-14-16-26(17-15-24)31-23(3)13-11-9-7-5-2/h4,14-21,23H,1,5-13,22H2,2-3H3. The first-order chi connectivity index (χ1) is 15.6. The number of benzene rings is 2. The van der Waals surface area contributed by atoms with Crippen molar-refractivity contribution in [2.45, 2.75) is 77.7 Å². The van der Waals surface area contributed by atoms with E-state index in [2.05, 4.69) is 20.4 Å². The lowest BCUT2D eigenvalue weighted by atomic mass is 10.1. The van der Waals surface area contributed by atoms with Crippen LogP contribution in [0.3, 0.4) is 0 Å². The molecule has 0 aliphatic rings. The number of hydrogen-bond acceptors (Lipinski definition) is 4. The number of carbonyl (C=O) groups is 1. The molecule has 0 radical (unpaired) electrons. The lowest BCUT2D eigenvalue weighted by molar-refractivity contribution is 0.0734. The second kappa shape index (κ2) is 15.1. The van der Waals surface area contributed by atoms with E-state index in [-0.39, 0.29) is 12.1 Å². The van der Waals surface area contributed by atoms with Gasteiger partial charge in [-0.25, -0.2) is 4.79 Å². The summed E-state index contributed by atoms with van der Waals surface area (Å²) >= 11 is 0. The van der Waals surface area contributed by atoms with E-state index in [1.807, 2.05) is 30.3 Å². The molecule has 0 amide bonds. The molecule has 1 unspecified atom stereocenters. The van der Waals surface area contributed by atoms with Crippen molar-refractivity contribution in [3.05, 3.63) is 66.7 Å². The molecule has 0 saturated heterocycles. The van der Waals surface area contributed by atoms with Gasteiger partial charge in [-0.15, -0.1) is 6.58 Å². The quantitative estimate of drug-likeness (QED) is 0.116. The highest BCUT2D eigenvalue weighted by atomic mass is 16.5. The van der Waals surface area contributed by atoms with Gasteiger partial charge in [0.25, 0.3) is 0 Å². The summed E-state index contributed by atoms with van der Waals surface area (Å²) in [4.78, 5) is 12.4. The lowest BCUT2D eigenvalue weighted by Gasteiger charge is -2.14. The van der Waals surface area contributed by atoms with Crippen LogP contribution in [0.25, 0.3) is 0 Å². The van der Waals surface area contributed by atoms with Crippen molar-refractivity contribution < 1.29 is 19.0 Å². The van der Waals surface area contributed by atoms with E-state index in [1.54, 1.807) is 24.3 Å². The fourth-order valence-electron chi connectivity index (χ4n) is 3.35. The zero-order valence-corrected chi connectivity index (χ0v) is 19.7. The molecule has 0 fully saturated rings. The number of ether oxygens (including phenoxy) is 3. The van der Waals surface area contributed by atoms with Gasteiger partial charge in [0.1, 0.15) is 17.2 Å². The average Bonchev–Trinajstić information content (AvgIpc) is 2.80. The Balaban J connectivity index is 1.74. The van der Waals surface area contributed by atoms with Gasteiger partial charge >= 0.3 is 5.97 Å². The van der Waals surface area contributed by atoms with E-state index in [0.29, 0.717) is 17.9 Å². The van der Waals surface area contributed by atoms with E-state index in [1.165, 1.54) is 25.7 Å². The zero-order valence-electron chi connectivity index (χ0n) is 19.7. The highest BCUT2D eigenvalue weighted by molar-refractivity contribution is 5.91. The Morgan fingerprint density at radius 2 is 1.53 bits per heavy atom. The highest BCUT2D eigenvalue weighted by Gasteiger charge is 2.10. The van der Waals surface area contributed by atoms with Gasteiger partial charge in [-0.2, -0.15) is 0 Å². The number of allylic oxidation sites excluding steroid dienone is 1. The monoisotopic (exact) mass is 438 g/mol.